The molecule has 0 bridgehead atoms. The molecule has 20 heavy (non-hydrogen) atoms. The van der Waals surface area contributed by atoms with E-state index in [2.05, 4.69) is 22.9 Å². The molecular formula is C16H17BrFNO. The minimum absolute atomic E-state index is 0.0416. The second-order valence-corrected chi connectivity index (χ2v) is 6.64. The molecule has 2 aliphatic rings. The zero-order chi connectivity index (χ0) is 14.7. The van der Waals surface area contributed by atoms with Crippen LogP contribution in [0.2, 0.25) is 0 Å². The van der Waals surface area contributed by atoms with Gasteiger partial charge in [-0.05, 0) is 70.4 Å². The summed E-state index contributed by atoms with van der Waals surface area (Å²) in [5, 5.41) is 0. The zero-order valence-electron chi connectivity index (χ0n) is 11.6. The summed E-state index contributed by atoms with van der Waals surface area (Å²) < 4.78 is 14.6. The summed E-state index contributed by atoms with van der Waals surface area (Å²) in [6.45, 7) is 4.01. The molecule has 0 aromatic heterocycles. The van der Waals surface area contributed by atoms with Gasteiger partial charge in [-0.1, -0.05) is 6.92 Å². The summed E-state index contributed by atoms with van der Waals surface area (Å²) in [6.07, 6.45) is 3.19. The van der Waals surface area contributed by atoms with E-state index in [1.165, 1.54) is 6.07 Å². The summed E-state index contributed by atoms with van der Waals surface area (Å²) >= 11 is 3.45. The second-order valence-electron chi connectivity index (χ2n) is 5.85. The lowest BCUT2D eigenvalue weighted by atomic mass is 9.71. The number of fused-ring (bicyclic) bond motifs is 3. The highest BCUT2D eigenvalue weighted by molar-refractivity contribution is 9.12. The van der Waals surface area contributed by atoms with E-state index >= 15 is 0 Å². The third-order valence-corrected chi connectivity index (χ3v) is 5.84. The van der Waals surface area contributed by atoms with Crippen LogP contribution in [0.25, 0.3) is 5.57 Å². The standard InChI is InChI=1S/C16H17BrFNO/c1-3-16-5-4-12(20)14(17)13(16)9-6-11(18)15(19)8(2)10(9)7-16/h6H,3-5,7,19H2,1-2H3. The fourth-order valence-electron chi connectivity index (χ4n) is 3.64. The van der Waals surface area contributed by atoms with Gasteiger partial charge < -0.3 is 5.73 Å². The van der Waals surface area contributed by atoms with Crippen molar-refractivity contribution in [3.63, 3.8) is 0 Å². The molecule has 0 amide bonds. The summed E-state index contributed by atoms with van der Waals surface area (Å²) in [5.74, 6) is -0.272. The number of nitrogen functional groups attached to an aromatic ring is 1. The number of nitrogens with two attached hydrogens (primary N) is 1. The molecule has 106 valence electrons. The van der Waals surface area contributed by atoms with E-state index in [1.54, 1.807) is 0 Å². The second kappa shape index (κ2) is 4.42. The van der Waals surface area contributed by atoms with Crippen molar-refractivity contribution in [1.29, 1.82) is 0 Å². The van der Waals surface area contributed by atoms with E-state index in [0.29, 0.717) is 10.9 Å². The van der Waals surface area contributed by atoms with Crippen molar-refractivity contribution in [1.82, 2.24) is 0 Å². The first-order valence-electron chi connectivity index (χ1n) is 6.92. The SMILES string of the molecule is CCC12CCC(=O)C(Br)=C1c1cc(F)c(N)c(C)c1C2. The maximum Gasteiger partial charge on any atom is 0.170 e. The van der Waals surface area contributed by atoms with Crippen LogP contribution in [0.1, 0.15) is 42.9 Å². The van der Waals surface area contributed by atoms with Gasteiger partial charge in [0.2, 0.25) is 0 Å². The van der Waals surface area contributed by atoms with E-state index < -0.39 is 0 Å². The highest BCUT2D eigenvalue weighted by Gasteiger charge is 2.46. The number of hydrogen-bond donors (Lipinski definition) is 1. The van der Waals surface area contributed by atoms with Crippen molar-refractivity contribution >= 4 is 33.0 Å². The van der Waals surface area contributed by atoms with E-state index in [0.717, 1.165) is 41.5 Å². The Hall–Kier alpha value is -1.16. The van der Waals surface area contributed by atoms with Crippen LogP contribution in [0.5, 0.6) is 0 Å². The van der Waals surface area contributed by atoms with Gasteiger partial charge in [-0.25, -0.2) is 4.39 Å². The Morgan fingerprint density at radius 2 is 2.20 bits per heavy atom. The maximum atomic E-state index is 14.0. The molecule has 3 rings (SSSR count). The monoisotopic (exact) mass is 337 g/mol. The van der Waals surface area contributed by atoms with Gasteiger partial charge in [-0.15, -0.1) is 0 Å². The quantitative estimate of drug-likeness (QED) is 0.782. The molecule has 0 radical (unpaired) electrons. The van der Waals surface area contributed by atoms with Gasteiger partial charge in [-0.3, -0.25) is 4.79 Å². The van der Waals surface area contributed by atoms with E-state index in [4.69, 9.17) is 5.73 Å². The van der Waals surface area contributed by atoms with E-state index in [1.807, 2.05) is 6.92 Å². The molecule has 0 aliphatic heterocycles. The number of halogens is 2. The molecule has 2 N–H and O–H groups in total. The Morgan fingerprint density at radius 1 is 1.50 bits per heavy atom. The van der Waals surface area contributed by atoms with Crippen molar-refractivity contribution in [2.24, 2.45) is 5.41 Å². The molecule has 0 fully saturated rings. The fourth-order valence-corrected chi connectivity index (χ4v) is 4.48. The summed E-state index contributed by atoms with van der Waals surface area (Å²) in [4.78, 5) is 12.0. The lowest BCUT2D eigenvalue weighted by Crippen LogP contribution is -2.26. The van der Waals surface area contributed by atoms with E-state index in [-0.39, 0.29) is 22.7 Å². The molecule has 1 aromatic rings. The van der Waals surface area contributed by atoms with Crippen molar-refractivity contribution in [2.75, 3.05) is 5.73 Å². The molecular weight excluding hydrogens is 321 g/mol. The Bertz CT molecular complexity index is 665. The average molecular weight is 338 g/mol. The predicted octanol–water partition coefficient (Wildman–Crippen LogP) is 4.14. The maximum absolute atomic E-state index is 14.0. The van der Waals surface area contributed by atoms with Crippen LogP contribution in [-0.4, -0.2) is 5.78 Å². The normalized spacial score (nSPS) is 24.9. The van der Waals surface area contributed by atoms with Gasteiger partial charge in [0.1, 0.15) is 5.82 Å². The molecule has 1 aromatic carbocycles. The number of rotatable bonds is 1. The zero-order valence-corrected chi connectivity index (χ0v) is 13.2. The number of allylic oxidation sites excluding steroid dienone is 2. The van der Waals surface area contributed by atoms with Crippen LogP contribution < -0.4 is 5.73 Å². The molecule has 0 heterocycles. The van der Waals surface area contributed by atoms with Crippen molar-refractivity contribution < 1.29 is 9.18 Å². The predicted molar refractivity (Wildman–Crippen MR) is 82.1 cm³/mol. The topological polar surface area (TPSA) is 43.1 Å². The van der Waals surface area contributed by atoms with Crippen molar-refractivity contribution in [3.8, 4) is 0 Å². The molecule has 2 nitrogen and oxygen atoms in total. The van der Waals surface area contributed by atoms with Gasteiger partial charge in [0, 0.05) is 11.8 Å². The first-order valence-corrected chi connectivity index (χ1v) is 7.72. The number of carbonyl (C=O) groups is 1. The largest absolute Gasteiger partial charge is 0.396 e. The van der Waals surface area contributed by atoms with Gasteiger partial charge >= 0.3 is 0 Å². The number of anilines is 1. The summed E-state index contributed by atoms with van der Waals surface area (Å²) in [5.41, 5.74) is 9.80. The van der Waals surface area contributed by atoms with Crippen LogP contribution in [-0.2, 0) is 11.2 Å². The highest BCUT2D eigenvalue weighted by Crippen LogP contribution is 2.57. The first kappa shape index (κ1) is 13.8. The Morgan fingerprint density at radius 3 is 2.85 bits per heavy atom. The van der Waals surface area contributed by atoms with Gasteiger partial charge in [-0.2, -0.15) is 0 Å². The van der Waals surface area contributed by atoms with Gasteiger partial charge in [0.05, 0.1) is 10.2 Å². The average Bonchev–Trinajstić information content (AvgIpc) is 2.77. The molecule has 1 atom stereocenters. The number of ketones is 1. The summed E-state index contributed by atoms with van der Waals surface area (Å²) in [6, 6.07) is 1.50. The van der Waals surface area contributed by atoms with Gasteiger partial charge in [0.15, 0.2) is 5.78 Å². The third kappa shape index (κ3) is 1.63. The molecule has 4 heteroatoms. The van der Waals surface area contributed by atoms with Crippen LogP contribution in [0.4, 0.5) is 10.1 Å². The van der Waals surface area contributed by atoms with Gasteiger partial charge in [0.25, 0.3) is 0 Å². The minimum atomic E-state index is -0.390. The molecule has 1 unspecified atom stereocenters. The lowest BCUT2D eigenvalue weighted by molar-refractivity contribution is -0.115. The lowest BCUT2D eigenvalue weighted by Gasteiger charge is -2.34. The molecule has 0 saturated carbocycles. The van der Waals surface area contributed by atoms with Crippen molar-refractivity contribution in [2.45, 2.75) is 39.5 Å². The summed E-state index contributed by atoms with van der Waals surface area (Å²) in [7, 11) is 0. The van der Waals surface area contributed by atoms with Crippen LogP contribution in [0.15, 0.2) is 10.5 Å². The Kier molecular flexibility index (Phi) is 3.05. The molecule has 0 spiro atoms. The highest BCUT2D eigenvalue weighted by atomic mass is 79.9. The molecule has 0 saturated heterocycles. The first-order chi connectivity index (χ1) is 9.41. The van der Waals surface area contributed by atoms with Crippen LogP contribution >= 0.6 is 15.9 Å². The van der Waals surface area contributed by atoms with Crippen molar-refractivity contribution in [3.05, 3.63) is 33.1 Å². The smallest absolute Gasteiger partial charge is 0.170 e. The fraction of sp³-hybridized carbons (Fsp3) is 0.438. The molecule has 2 aliphatic carbocycles. The Labute approximate surface area is 126 Å². The minimum Gasteiger partial charge on any atom is -0.396 e. The number of benzene rings is 1. The van der Waals surface area contributed by atoms with Crippen LogP contribution in [0, 0.1) is 18.2 Å². The van der Waals surface area contributed by atoms with E-state index in [9.17, 15) is 9.18 Å². The number of Topliss-reactive ketones (excluding diaryl/α,β-unsaturated/α-hetero) is 1. The number of hydrogen-bond acceptors (Lipinski definition) is 2. The van der Waals surface area contributed by atoms with Crippen LogP contribution in [0.3, 0.4) is 0 Å². The third-order valence-electron chi connectivity index (χ3n) is 5.00. The number of carbonyl (C=O) groups excluding carboxylic acids is 1. The Balaban J connectivity index is 2.34.